The molecule has 0 aromatic heterocycles. The minimum atomic E-state index is -0.474. The highest BCUT2D eigenvalue weighted by atomic mass is 19.1. The van der Waals surface area contributed by atoms with Gasteiger partial charge in [-0.15, -0.1) is 0 Å². The van der Waals surface area contributed by atoms with Gasteiger partial charge >= 0.3 is 0 Å². The maximum Gasteiger partial charge on any atom is 0.254 e. The number of aliphatic hydroxyl groups excluding tert-OH is 1. The molecule has 1 aliphatic heterocycles. The van der Waals surface area contributed by atoms with Crippen molar-refractivity contribution in [2.24, 2.45) is 0 Å². The molecule has 1 aromatic rings. The third-order valence-corrected chi connectivity index (χ3v) is 3.86. The third kappa shape index (κ3) is 2.78. The molecule has 1 aromatic carbocycles. The van der Waals surface area contributed by atoms with Gasteiger partial charge in [-0.1, -0.05) is 0 Å². The van der Waals surface area contributed by atoms with Crippen LogP contribution >= 0.6 is 0 Å². The van der Waals surface area contributed by atoms with Gasteiger partial charge in [0.2, 0.25) is 0 Å². The number of carbonyl (C=O) groups is 1. The van der Waals surface area contributed by atoms with Gasteiger partial charge in [-0.25, -0.2) is 4.39 Å². The van der Waals surface area contributed by atoms with E-state index in [0.717, 1.165) is 6.42 Å². The molecule has 0 aliphatic carbocycles. The first-order valence-corrected chi connectivity index (χ1v) is 6.57. The van der Waals surface area contributed by atoms with Crippen LogP contribution in [0.25, 0.3) is 0 Å². The van der Waals surface area contributed by atoms with Gasteiger partial charge in [0.1, 0.15) is 5.82 Å². The molecule has 19 heavy (non-hydrogen) atoms. The van der Waals surface area contributed by atoms with E-state index in [-0.39, 0.29) is 17.3 Å². The average Bonchev–Trinajstić information content (AvgIpc) is 2.35. The molecule has 1 amide bonds. The van der Waals surface area contributed by atoms with Crippen LogP contribution in [0.5, 0.6) is 0 Å². The van der Waals surface area contributed by atoms with Crippen molar-refractivity contribution in [1.29, 1.82) is 0 Å². The number of rotatable bonds is 1. The van der Waals surface area contributed by atoms with Crippen LogP contribution in [0, 0.1) is 12.7 Å². The molecule has 1 N–H and O–H groups in total. The largest absolute Gasteiger partial charge is 0.391 e. The maximum absolute atomic E-state index is 13.3. The van der Waals surface area contributed by atoms with Crippen molar-refractivity contribution >= 4 is 5.91 Å². The molecule has 1 unspecified atom stereocenters. The smallest absolute Gasteiger partial charge is 0.254 e. The molecular weight excluding hydrogens is 245 g/mol. The van der Waals surface area contributed by atoms with Crippen LogP contribution < -0.4 is 0 Å². The molecule has 2 rings (SSSR count). The fourth-order valence-corrected chi connectivity index (χ4v) is 2.50. The van der Waals surface area contributed by atoms with Crippen molar-refractivity contribution in [3.63, 3.8) is 0 Å². The number of carbonyl (C=O) groups excluding carboxylic acids is 1. The van der Waals surface area contributed by atoms with Crippen LogP contribution in [0.3, 0.4) is 0 Å². The van der Waals surface area contributed by atoms with Gasteiger partial charge in [0.05, 0.1) is 6.10 Å². The van der Waals surface area contributed by atoms with Gasteiger partial charge in [-0.3, -0.25) is 4.79 Å². The number of β-amino-alcohol motifs (C(OH)–C–C–N with tert-alkyl or cyclic N) is 1. The highest BCUT2D eigenvalue weighted by Crippen LogP contribution is 2.29. The second-order valence-corrected chi connectivity index (χ2v) is 5.88. The number of amides is 1. The van der Waals surface area contributed by atoms with Crippen LogP contribution in [-0.4, -0.2) is 34.1 Å². The number of halogens is 1. The quantitative estimate of drug-likeness (QED) is 0.847. The number of piperidine rings is 1. The number of nitrogens with zero attached hydrogens (tertiary/aromatic N) is 1. The number of hydrogen-bond donors (Lipinski definition) is 1. The minimum Gasteiger partial charge on any atom is -0.391 e. The van der Waals surface area contributed by atoms with Crippen LogP contribution in [0.4, 0.5) is 4.39 Å². The van der Waals surface area contributed by atoms with E-state index in [1.807, 2.05) is 13.8 Å². The van der Waals surface area contributed by atoms with Gasteiger partial charge in [0.15, 0.2) is 0 Å². The van der Waals surface area contributed by atoms with Crippen molar-refractivity contribution in [3.8, 4) is 0 Å². The zero-order valence-electron chi connectivity index (χ0n) is 11.6. The maximum atomic E-state index is 13.3. The Bertz CT molecular complexity index is 499. The van der Waals surface area contributed by atoms with E-state index in [9.17, 15) is 14.3 Å². The monoisotopic (exact) mass is 265 g/mol. The summed E-state index contributed by atoms with van der Waals surface area (Å²) in [4.78, 5) is 14.2. The summed E-state index contributed by atoms with van der Waals surface area (Å²) in [5.74, 6) is -0.457. The highest BCUT2D eigenvalue weighted by Gasteiger charge is 2.37. The fraction of sp³-hybridized carbons (Fsp3) is 0.533. The van der Waals surface area contributed by atoms with Gasteiger partial charge < -0.3 is 10.0 Å². The van der Waals surface area contributed by atoms with Crippen LogP contribution in [0.2, 0.25) is 0 Å². The number of likely N-dealkylation sites (tertiary alicyclic amines) is 1. The molecule has 0 radical (unpaired) electrons. The predicted octanol–water partition coefficient (Wildman–Crippen LogP) is 2.51. The Labute approximate surface area is 113 Å². The molecule has 1 aliphatic rings. The lowest BCUT2D eigenvalue weighted by atomic mass is 9.88. The summed E-state index contributed by atoms with van der Waals surface area (Å²) in [6, 6.07) is 4.38. The van der Waals surface area contributed by atoms with E-state index in [1.165, 1.54) is 12.1 Å². The Balaban J connectivity index is 2.29. The van der Waals surface area contributed by atoms with Crippen molar-refractivity contribution in [2.45, 2.75) is 45.3 Å². The minimum absolute atomic E-state index is 0.146. The molecule has 1 atom stereocenters. The SMILES string of the molecule is Cc1cc(C(=O)N2CC(O)CCC2(C)C)ccc1F. The Kier molecular flexibility index (Phi) is 3.63. The first-order valence-electron chi connectivity index (χ1n) is 6.57. The van der Waals surface area contributed by atoms with E-state index in [0.29, 0.717) is 24.1 Å². The van der Waals surface area contributed by atoms with Crippen molar-refractivity contribution in [2.75, 3.05) is 6.54 Å². The lowest BCUT2D eigenvalue weighted by Gasteiger charge is -2.44. The first kappa shape index (κ1) is 14.0. The van der Waals surface area contributed by atoms with Gasteiger partial charge in [-0.2, -0.15) is 0 Å². The molecule has 0 bridgehead atoms. The molecule has 1 fully saturated rings. The molecule has 104 valence electrons. The summed E-state index contributed by atoms with van der Waals surface area (Å²) >= 11 is 0. The zero-order chi connectivity index (χ0) is 14.2. The zero-order valence-corrected chi connectivity index (χ0v) is 11.6. The molecule has 0 spiro atoms. The molecule has 1 heterocycles. The number of hydrogen-bond acceptors (Lipinski definition) is 2. The second-order valence-electron chi connectivity index (χ2n) is 5.88. The van der Waals surface area contributed by atoms with E-state index < -0.39 is 6.10 Å². The summed E-state index contributed by atoms with van der Waals surface area (Å²) in [5.41, 5.74) is 0.654. The predicted molar refractivity (Wildman–Crippen MR) is 71.5 cm³/mol. The normalized spacial score (nSPS) is 22.4. The highest BCUT2D eigenvalue weighted by molar-refractivity contribution is 5.95. The molecule has 3 nitrogen and oxygen atoms in total. The number of aliphatic hydroxyl groups is 1. The molecule has 1 saturated heterocycles. The second kappa shape index (κ2) is 4.93. The lowest BCUT2D eigenvalue weighted by molar-refractivity contribution is 0.00153. The number of aryl methyl sites for hydroxylation is 1. The van der Waals surface area contributed by atoms with Gasteiger partial charge in [0.25, 0.3) is 5.91 Å². The van der Waals surface area contributed by atoms with Crippen molar-refractivity contribution in [3.05, 3.63) is 35.1 Å². The fourth-order valence-electron chi connectivity index (χ4n) is 2.50. The Morgan fingerprint density at radius 1 is 1.47 bits per heavy atom. The summed E-state index contributed by atoms with van der Waals surface area (Å²) < 4.78 is 13.3. The summed E-state index contributed by atoms with van der Waals surface area (Å²) in [6.07, 6.45) is 0.998. The first-order chi connectivity index (χ1) is 8.81. The average molecular weight is 265 g/mol. The number of benzene rings is 1. The van der Waals surface area contributed by atoms with Crippen LogP contribution in [0.15, 0.2) is 18.2 Å². The van der Waals surface area contributed by atoms with E-state index in [2.05, 4.69) is 0 Å². The van der Waals surface area contributed by atoms with Gasteiger partial charge in [-0.05, 0) is 57.4 Å². The van der Waals surface area contributed by atoms with Crippen LogP contribution in [0.1, 0.15) is 42.6 Å². The topological polar surface area (TPSA) is 40.5 Å². The summed E-state index contributed by atoms with van der Waals surface area (Å²) in [5, 5.41) is 9.75. The van der Waals surface area contributed by atoms with E-state index in [1.54, 1.807) is 17.9 Å². The Morgan fingerprint density at radius 3 is 2.79 bits per heavy atom. The van der Waals surface area contributed by atoms with E-state index in [4.69, 9.17) is 0 Å². The van der Waals surface area contributed by atoms with E-state index >= 15 is 0 Å². The van der Waals surface area contributed by atoms with Gasteiger partial charge in [0, 0.05) is 17.6 Å². The summed E-state index contributed by atoms with van der Waals surface area (Å²) in [7, 11) is 0. The Morgan fingerprint density at radius 2 is 2.16 bits per heavy atom. The lowest BCUT2D eigenvalue weighted by Crippen LogP contribution is -2.54. The van der Waals surface area contributed by atoms with Crippen molar-refractivity contribution in [1.82, 2.24) is 4.90 Å². The molecular formula is C15H20FNO2. The standard InChI is InChI=1S/C15H20FNO2/c1-10-8-11(4-5-13(10)16)14(19)17-9-12(18)6-7-15(17,2)3/h4-5,8,12,18H,6-7,9H2,1-3H3. The van der Waals surface area contributed by atoms with Crippen LogP contribution in [-0.2, 0) is 0 Å². The molecule has 4 heteroatoms. The van der Waals surface area contributed by atoms with Crippen molar-refractivity contribution < 1.29 is 14.3 Å². The Hall–Kier alpha value is -1.42. The summed E-state index contributed by atoms with van der Waals surface area (Å²) in [6.45, 7) is 5.96. The molecule has 0 saturated carbocycles. The third-order valence-electron chi connectivity index (χ3n) is 3.86.